The van der Waals surface area contributed by atoms with Crippen molar-refractivity contribution in [1.82, 2.24) is 14.8 Å². The maximum Gasteiger partial charge on any atom is 0.229 e. The number of amides is 4. The molecule has 2 aliphatic rings. The lowest BCUT2D eigenvalue weighted by atomic mass is 9.93. The predicted molar refractivity (Wildman–Crippen MR) is 192 cm³/mol. The smallest absolute Gasteiger partial charge is 0.229 e. The van der Waals surface area contributed by atoms with E-state index in [1.165, 1.54) is 0 Å². The second kappa shape index (κ2) is 15.3. The molecule has 262 valence electrons. The quantitative estimate of drug-likeness (QED) is 0.192. The first-order valence-electron chi connectivity index (χ1n) is 16.8. The van der Waals surface area contributed by atoms with Crippen molar-refractivity contribution in [2.75, 3.05) is 35.5 Å². The van der Waals surface area contributed by atoms with Gasteiger partial charge < -0.3 is 24.9 Å². The molecule has 0 aliphatic carbocycles. The van der Waals surface area contributed by atoms with E-state index in [2.05, 4.69) is 15.6 Å². The summed E-state index contributed by atoms with van der Waals surface area (Å²) in [6.07, 6.45) is 5.42. The van der Waals surface area contributed by atoms with Crippen LogP contribution in [0.3, 0.4) is 0 Å². The van der Waals surface area contributed by atoms with Crippen LogP contribution in [0.2, 0.25) is 0 Å². The Balaban J connectivity index is 1.13. The van der Waals surface area contributed by atoms with E-state index in [0.717, 1.165) is 36.8 Å². The minimum absolute atomic E-state index is 0.0132. The number of carbonyl (C=O) groups is 4. The van der Waals surface area contributed by atoms with Crippen molar-refractivity contribution >= 4 is 58.2 Å². The molecule has 3 heterocycles. The van der Waals surface area contributed by atoms with E-state index >= 15 is 0 Å². The number of benzene rings is 2. The van der Waals surface area contributed by atoms with Crippen LogP contribution in [-0.4, -0.2) is 75.3 Å². The summed E-state index contributed by atoms with van der Waals surface area (Å²) in [5.41, 5.74) is 1.50. The first-order chi connectivity index (χ1) is 23.3. The molecule has 0 unspecified atom stereocenters. The Morgan fingerprint density at radius 2 is 1.16 bits per heavy atom. The second-order valence-corrected chi connectivity index (χ2v) is 14.8. The Kier molecular flexibility index (Phi) is 11.4. The lowest BCUT2D eigenvalue weighted by molar-refractivity contribution is -0.141. The number of hydrogen-bond acceptors (Lipinski definition) is 6. The van der Waals surface area contributed by atoms with Gasteiger partial charge in [0.05, 0.1) is 17.0 Å². The van der Waals surface area contributed by atoms with Crippen LogP contribution in [-0.2, 0) is 19.2 Å². The number of nitrogens with zero attached hydrogens (tertiary/aromatic N) is 3. The van der Waals surface area contributed by atoms with E-state index in [0.29, 0.717) is 36.1 Å². The molecule has 3 aromatic rings. The van der Waals surface area contributed by atoms with Gasteiger partial charge in [-0.05, 0) is 102 Å². The zero-order chi connectivity index (χ0) is 35.3. The van der Waals surface area contributed by atoms with Crippen LogP contribution in [0.15, 0.2) is 59.1 Å². The maximum absolute atomic E-state index is 12.9. The fourth-order valence-electron chi connectivity index (χ4n) is 6.33. The molecule has 1 aromatic heterocycles. The molecule has 0 bridgehead atoms. The average molecular weight is 711 g/mol. The van der Waals surface area contributed by atoms with Gasteiger partial charge in [0.15, 0.2) is 5.76 Å². The maximum atomic E-state index is 12.9. The Hall–Kier alpha value is -3.89. The van der Waals surface area contributed by atoms with Crippen LogP contribution in [0.25, 0.3) is 22.8 Å². The van der Waals surface area contributed by atoms with Crippen molar-refractivity contribution in [3.63, 3.8) is 0 Å². The molecule has 5 rings (SSSR count). The van der Waals surface area contributed by atoms with Crippen LogP contribution in [0.4, 0.5) is 11.4 Å². The first-order valence-corrected chi connectivity index (χ1v) is 17.9. The highest BCUT2D eigenvalue weighted by Gasteiger charge is 2.39. The molecule has 12 heteroatoms. The van der Waals surface area contributed by atoms with Crippen molar-refractivity contribution in [3.05, 3.63) is 54.7 Å². The molecular weight excluding hydrogens is 665 g/mol. The van der Waals surface area contributed by atoms with Crippen molar-refractivity contribution in [1.29, 1.82) is 0 Å². The molecule has 0 radical (unpaired) electrons. The summed E-state index contributed by atoms with van der Waals surface area (Å²) < 4.78 is 6.04. The number of hydrogen-bond donors (Lipinski definition) is 2. The number of halogens is 2. The third kappa shape index (κ3) is 8.65. The van der Waals surface area contributed by atoms with E-state index in [-0.39, 0.29) is 60.3 Å². The van der Waals surface area contributed by atoms with E-state index in [9.17, 15) is 19.2 Å². The Morgan fingerprint density at radius 3 is 1.59 bits per heavy atom. The van der Waals surface area contributed by atoms with Crippen LogP contribution in [0, 0.1) is 10.8 Å². The summed E-state index contributed by atoms with van der Waals surface area (Å²) in [5.74, 6) is 1.13. The van der Waals surface area contributed by atoms with Gasteiger partial charge in [-0.15, -0.1) is 23.2 Å². The van der Waals surface area contributed by atoms with Gasteiger partial charge in [0.25, 0.3) is 0 Å². The summed E-state index contributed by atoms with van der Waals surface area (Å²) in [6, 6.07) is 14.3. The summed E-state index contributed by atoms with van der Waals surface area (Å²) in [4.78, 5) is 59.7. The zero-order valence-electron chi connectivity index (χ0n) is 28.6. The van der Waals surface area contributed by atoms with Gasteiger partial charge in [0.2, 0.25) is 29.5 Å². The van der Waals surface area contributed by atoms with E-state index < -0.39 is 10.8 Å². The number of oxazole rings is 1. The molecule has 2 atom stereocenters. The number of rotatable bonds is 12. The first kappa shape index (κ1) is 36.4. The lowest BCUT2D eigenvalue weighted by Crippen LogP contribution is -2.45. The minimum atomic E-state index is -0.665. The third-order valence-corrected chi connectivity index (χ3v) is 10.7. The normalized spacial score (nSPS) is 18.1. The number of aromatic nitrogens is 1. The minimum Gasteiger partial charge on any atom is -0.436 e. The zero-order valence-corrected chi connectivity index (χ0v) is 30.1. The molecule has 2 aromatic carbocycles. The molecule has 2 N–H and O–H groups in total. The summed E-state index contributed by atoms with van der Waals surface area (Å²) in [6.45, 7) is 8.61. The largest absolute Gasteiger partial charge is 0.436 e. The molecule has 0 saturated carbocycles. The number of alkyl halides is 2. The van der Waals surface area contributed by atoms with Gasteiger partial charge in [0.1, 0.15) is 0 Å². The van der Waals surface area contributed by atoms with Crippen molar-refractivity contribution < 1.29 is 23.6 Å². The summed E-state index contributed by atoms with van der Waals surface area (Å²) in [5, 5.41) is 5.88. The lowest BCUT2D eigenvalue weighted by Gasteiger charge is -2.31. The second-order valence-electron chi connectivity index (χ2n) is 14.3. The summed E-state index contributed by atoms with van der Waals surface area (Å²) in [7, 11) is 0. The van der Waals surface area contributed by atoms with Crippen LogP contribution < -0.4 is 10.6 Å². The Bertz CT molecular complexity index is 1530. The van der Waals surface area contributed by atoms with Crippen LogP contribution in [0.1, 0.15) is 66.2 Å². The standard InChI is InChI=1S/C37H45Cl2N5O5/c1-36(2,22-38)34(47)43-17-5-7-28(43)19-31(45)41-26-13-9-24(10-14-26)30-21-40-33(49-30)25-11-15-27(16-12-25)42-32(46)20-29-8-6-18-44(29)35(48)37(3,4)23-39/h9-16,21,28-29H,5-8,17-20,22-23H2,1-4H3,(H,41,45)(H,42,46)/t28-,29-/m0/s1. The fraction of sp³-hybridized carbons (Fsp3) is 0.486. The average Bonchev–Trinajstić information content (AvgIpc) is 3.86. The highest BCUT2D eigenvalue weighted by Crippen LogP contribution is 2.31. The number of carbonyl (C=O) groups excluding carboxylic acids is 4. The van der Waals surface area contributed by atoms with Crippen molar-refractivity contribution in [3.8, 4) is 22.8 Å². The van der Waals surface area contributed by atoms with Gasteiger partial charge in [-0.2, -0.15) is 0 Å². The topological polar surface area (TPSA) is 125 Å². The van der Waals surface area contributed by atoms with E-state index in [1.54, 1.807) is 40.3 Å². The van der Waals surface area contributed by atoms with Gasteiger partial charge >= 0.3 is 0 Å². The number of anilines is 2. The van der Waals surface area contributed by atoms with Crippen molar-refractivity contribution in [2.45, 2.75) is 78.3 Å². The molecule has 0 spiro atoms. The van der Waals surface area contributed by atoms with Gasteiger partial charge in [0, 0.05) is 72.3 Å². The predicted octanol–water partition coefficient (Wildman–Crippen LogP) is 7.18. The van der Waals surface area contributed by atoms with Gasteiger partial charge in [-0.1, -0.05) is 0 Å². The molecule has 4 amide bonds. The molecule has 49 heavy (non-hydrogen) atoms. The molecule has 2 fully saturated rings. The number of likely N-dealkylation sites (tertiary alicyclic amines) is 2. The SMILES string of the molecule is CC(C)(CCl)C(=O)N1CCC[C@H]1CC(=O)Nc1ccc(-c2cnc(-c3ccc(NC(=O)C[C@@H]4CCCN4C(=O)C(C)(C)CCl)cc3)o2)cc1. The Morgan fingerprint density at radius 1 is 0.735 bits per heavy atom. The molecule has 2 aliphatic heterocycles. The van der Waals surface area contributed by atoms with Crippen molar-refractivity contribution in [2.24, 2.45) is 10.8 Å². The van der Waals surface area contributed by atoms with Crippen LogP contribution >= 0.6 is 23.2 Å². The van der Waals surface area contributed by atoms with Gasteiger partial charge in [-0.25, -0.2) is 4.98 Å². The molecule has 10 nitrogen and oxygen atoms in total. The Labute approximate surface area is 297 Å². The highest BCUT2D eigenvalue weighted by molar-refractivity contribution is 6.20. The third-order valence-electron chi connectivity index (χ3n) is 9.32. The van der Waals surface area contributed by atoms with Gasteiger partial charge in [-0.3, -0.25) is 19.2 Å². The van der Waals surface area contributed by atoms with E-state index in [4.69, 9.17) is 27.6 Å². The molecular formula is C37H45Cl2N5O5. The molecule has 2 saturated heterocycles. The summed E-state index contributed by atoms with van der Waals surface area (Å²) >= 11 is 12.0. The monoisotopic (exact) mass is 709 g/mol. The fourth-order valence-corrected chi connectivity index (χ4v) is 6.56. The highest BCUT2D eigenvalue weighted by atomic mass is 35.5. The van der Waals surface area contributed by atoms with E-state index in [1.807, 2.05) is 52.0 Å². The van der Waals surface area contributed by atoms with Crippen LogP contribution in [0.5, 0.6) is 0 Å². The number of nitrogens with one attached hydrogen (secondary N) is 2.